The van der Waals surface area contributed by atoms with E-state index in [4.69, 9.17) is 21.5 Å². The van der Waals surface area contributed by atoms with Crippen molar-refractivity contribution in [3.05, 3.63) is 94.5 Å². The molecule has 3 aromatic carbocycles. The molecule has 0 aliphatic heterocycles. The molecule has 0 amide bonds. The standard InChI is InChI=1S/C22H23ClN2O3S/c23-22-7-2-1-5-19(22)16-28-20-6-3-4-18(14-20)15-25-13-12-17-8-10-21(11-9-17)29(24,26)27/h1-11,14,25H,12-13,15-16H2,(H2,24,26,27). The van der Waals surface area contributed by atoms with E-state index >= 15 is 0 Å². The van der Waals surface area contributed by atoms with Gasteiger partial charge >= 0.3 is 0 Å². The Hall–Kier alpha value is -2.38. The maximum absolute atomic E-state index is 11.3. The number of halogens is 1. The molecular formula is C22H23ClN2O3S. The number of primary sulfonamides is 1. The molecule has 0 saturated heterocycles. The first kappa shape index (κ1) is 21.3. The quantitative estimate of drug-likeness (QED) is 0.504. The number of sulfonamides is 1. The molecular weight excluding hydrogens is 408 g/mol. The molecule has 29 heavy (non-hydrogen) atoms. The first-order valence-corrected chi connectivity index (χ1v) is 11.1. The van der Waals surface area contributed by atoms with E-state index in [1.54, 1.807) is 12.1 Å². The SMILES string of the molecule is NS(=O)(=O)c1ccc(CCNCc2cccc(OCc3ccccc3Cl)c2)cc1. The number of ether oxygens (including phenoxy) is 1. The van der Waals surface area contributed by atoms with Crippen molar-refractivity contribution in [3.63, 3.8) is 0 Å². The molecule has 0 unspecified atom stereocenters. The topological polar surface area (TPSA) is 81.4 Å². The monoisotopic (exact) mass is 430 g/mol. The molecule has 3 rings (SSSR count). The Morgan fingerprint density at radius 2 is 1.69 bits per heavy atom. The molecule has 0 aromatic heterocycles. The summed E-state index contributed by atoms with van der Waals surface area (Å²) in [5.41, 5.74) is 3.11. The molecule has 0 spiro atoms. The predicted octanol–water partition coefficient (Wildman–Crippen LogP) is 3.90. The Kier molecular flexibility index (Phi) is 7.28. The van der Waals surface area contributed by atoms with Gasteiger partial charge < -0.3 is 10.1 Å². The van der Waals surface area contributed by atoms with Gasteiger partial charge in [0.15, 0.2) is 0 Å². The molecule has 5 nitrogen and oxygen atoms in total. The first-order chi connectivity index (χ1) is 13.9. The van der Waals surface area contributed by atoms with Gasteiger partial charge in [-0.1, -0.05) is 54.1 Å². The Bertz CT molecular complexity index is 1050. The molecule has 0 saturated carbocycles. The minimum absolute atomic E-state index is 0.128. The predicted molar refractivity (Wildman–Crippen MR) is 115 cm³/mol. The lowest BCUT2D eigenvalue weighted by Crippen LogP contribution is -2.17. The normalized spacial score (nSPS) is 11.4. The van der Waals surface area contributed by atoms with E-state index in [1.807, 2.05) is 48.5 Å². The highest BCUT2D eigenvalue weighted by molar-refractivity contribution is 7.89. The lowest BCUT2D eigenvalue weighted by atomic mass is 10.1. The maximum Gasteiger partial charge on any atom is 0.238 e. The third-order valence-corrected chi connectivity index (χ3v) is 5.72. The maximum atomic E-state index is 11.3. The summed E-state index contributed by atoms with van der Waals surface area (Å²) >= 11 is 6.16. The van der Waals surface area contributed by atoms with Crippen molar-refractivity contribution >= 4 is 21.6 Å². The van der Waals surface area contributed by atoms with Crippen LogP contribution in [0.25, 0.3) is 0 Å². The highest BCUT2D eigenvalue weighted by Crippen LogP contribution is 2.19. The first-order valence-electron chi connectivity index (χ1n) is 9.19. The summed E-state index contributed by atoms with van der Waals surface area (Å²) in [6, 6.07) is 22.2. The van der Waals surface area contributed by atoms with Crippen LogP contribution >= 0.6 is 11.6 Å². The second kappa shape index (κ2) is 9.89. The molecule has 3 N–H and O–H groups in total. The third kappa shape index (κ3) is 6.58. The van der Waals surface area contributed by atoms with Crippen LogP contribution in [0, 0.1) is 0 Å². The highest BCUT2D eigenvalue weighted by Gasteiger charge is 2.06. The minimum Gasteiger partial charge on any atom is -0.489 e. The highest BCUT2D eigenvalue weighted by atomic mass is 35.5. The zero-order chi connectivity index (χ0) is 20.7. The van der Waals surface area contributed by atoms with E-state index in [9.17, 15) is 8.42 Å². The van der Waals surface area contributed by atoms with E-state index < -0.39 is 10.0 Å². The molecule has 0 radical (unpaired) electrons. The van der Waals surface area contributed by atoms with Crippen molar-refractivity contribution < 1.29 is 13.2 Å². The van der Waals surface area contributed by atoms with Gasteiger partial charge in [0.25, 0.3) is 0 Å². The molecule has 0 atom stereocenters. The number of rotatable bonds is 9. The van der Waals surface area contributed by atoms with Gasteiger partial charge in [0.2, 0.25) is 10.0 Å². The lowest BCUT2D eigenvalue weighted by molar-refractivity contribution is 0.306. The van der Waals surface area contributed by atoms with Crippen molar-refractivity contribution in [1.82, 2.24) is 5.32 Å². The van der Waals surface area contributed by atoms with Gasteiger partial charge in [-0.15, -0.1) is 0 Å². The zero-order valence-electron chi connectivity index (χ0n) is 15.8. The number of hydrogen-bond acceptors (Lipinski definition) is 4. The van der Waals surface area contributed by atoms with E-state index in [0.29, 0.717) is 18.2 Å². The number of nitrogens with two attached hydrogens (primary N) is 1. The van der Waals surface area contributed by atoms with Gasteiger partial charge in [-0.3, -0.25) is 0 Å². The van der Waals surface area contributed by atoms with E-state index in [0.717, 1.165) is 35.4 Å². The molecule has 3 aromatic rings. The summed E-state index contributed by atoms with van der Waals surface area (Å²) in [5.74, 6) is 0.794. The van der Waals surface area contributed by atoms with Crippen molar-refractivity contribution in [1.29, 1.82) is 0 Å². The molecule has 152 valence electrons. The summed E-state index contributed by atoms with van der Waals surface area (Å²) in [6.07, 6.45) is 0.785. The van der Waals surface area contributed by atoms with Crippen molar-refractivity contribution in [2.45, 2.75) is 24.5 Å². The van der Waals surface area contributed by atoms with E-state index in [1.165, 1.54) is 12.1 Å². The Balaban J connectivity index is 1.46. The van der Waals surface area contributed by atoms with Crippen LogP contribution in [0.3, 0.4) is 0 Å². The van der Waals surface area contributed by atoms with Crippen molar-refractivity contribution in [2.24, 2.45) is 5.14 Å². The average molecular weight is 431 g/mol. The lowest BCUT2D eigenvalue weighted by Gasteiger charge is -2.10. The molecule has 7 heteroatoms. The summed E-state index contributed by atoms with van der Waals surface area (Å²) < 4.78 is 28.4. The van der Waals surface area contributed by atoms with Gasteiger partial charge in [-0.05, 0) is 54.4 Å². The Morgan fingerprint density at radius 3 is 2.41 bits per heavy atom. The van der Waals surface area contributed by atoms with Crippen LogP contribution in [0.4, 0.5) is 0 Å². The van der Waals surface area contributed by atoms with Crippen LogP contribution in [0.2, 0.25) is 5.02 Å². The van der Waals surface area contributed by atoms with Crippen LogP contribution in [0.5, 0.6) is 5.75 Å². The fraction of sp³-hybridized carbons (Fsp3) is 0.182. The van der Waals surface area contributed by atoms with Gasteiger partial charge in [0.05, 0.1) is 4.90 Å². The van der Waals surface area contributed by atoms with Crippen LogP contribution in [-0.4, -0.2) is 15.0 Å². The fourth-order valence-electron chi connectivity index (χ4n) is 2.83. The smallest absolute Gasteiger partial charge is 0.238 e. The zero-order valence-corrected chi connectivity index (χ0v) is 17.4. The van der Waals surface area contributed by atoms with Crippen molar-refractivity contribution in [2.75, 3.05) is 6.54 Å². The van der Waals surface area contributed by atoms with Gasteiger partial charge in [-0.2, -0.15) is 0 Å². The largest absolute Gasteiger partial charge is 0.489 e. The van der Waals surface area contributed by atoms with Gasteiger partial charge in [-0.25, -0.2) is 13.6 Å². The summed E-state index contributed by atoms with van der Waals surface area (Å²) in [6.45, 7) is 1.89. The number of nitrogens with one attached hydrogen (secondary N) is 1. The third-order valence-electron chi connectivity index (χ3n) is 4.42. The molecule has 0 bridgehead atoms. The van der Waals surface area contributed by atoms with Crippen LogP contribution in [-0.2, 0) is 29.6 Å². The van der Waals surface area contributed by atoms with Crippen LogP contribution in [0.15, 0.2) is 77.7 Å². The molecule has 0 heterocycles. The van der Waals surface area contributed by atoms with Gasteiger partial charge in [0.1, 0.15) is 12.4 Å². The number of benzene rings is 3. The second-order valence-electron chi connectivity index (χ2n) is 6.64. The molecule has 0 aliphatic rings. The molecule has 0 fully saturated rings. The van der Waals surface area contributed by atoms with E-state index in [-0.39, 0.29) is 4.90 Å². The van der Waals surface area contributed by atoms with E-state index in [2.05, 4.69) is 5.32 Å². The second-order valence-corrected chi connectivity index (χ2v) is 8.61. The van der Waals surface area contributed by atoms with Crippen molar-refractivity contribution in [3.8, 4) is 5.75 Å². The van der Waals surface area contributed by atoms with Crippen LogP contribution < -0.4 is 15.2 Å². The van der Waals surface area contributed by atoms with Gasteiger partial charge in [0, 0.05) is 17.1 Å². The Labute approximate surface area is 176 Å². The van der Waals surface area contributed by atoms with Crippen LogP contribution in [0.1, 0.15) is 16.7 Å². The fourth-order valence-corrected chi connectivity index (χ4v) is 3.54. The summed E-state index contributed by atoms with van der Waals surface area (Å²) in [5, 5.41) is 9.19. The minimum atomic E-state index is -3.64. The summed E-state index contributed by atoms with van der Waals surface area (Å²) in [4.78, 5) is 0.128. The Morgan fingerprint density at radius 1 is 0.931 bits per heavy atom. The number of hydrogen-bond donors (Lipinski definition) is 2. The molecule has 0 aliphatic carbocycles. The average Bonchev–Trinajstić information content (AvgIpc) is 2.71. The summed E-state index contributed by atoms with van der Waals surface area (Å²) in [7, 11) is -3.64.